The summed E-state index contributed by atoms with van der Waals surface area (Å²) in [5.74, 6) is 0.382. The normalized spacial score (nSPS) is 22.2. The van der Waals surface area contributed by atoms with Crippen molar-refractivity contribution in [3.8, 4) is 0 Å². The van der Waals surface area contributed by atoms with Gasteiger partial charge in [-0.05, 0) is 12.8 Å². The van der Waals surface area contributed by atoms with Gasteiger partial charge in [-0.2, -0.15) is 0 Å². The summed E-state index contributed by atoms with van der Waals surface area (Å²) >= 11 is 0. The van der Waals surface area contributed by atoms with Crippen molar-refractivity contribution in [2.24, 2.45) is 0 Å². The highest BCUT2D eigenvalue weighted by Crippen LogP contribution is 2.26. The number of ether oxygens (including phenoxy) is 1. The van der Waals surface area contributed by atoms with Gasteiger partial charge in [0.25, 0.3) is 0 Å². The number of nitrogens with two attached hydrogens (primary N) is 1. The maximum Gasteiger partial charge on any atom is 0.220 e. The van der Waals surface area contributed by atoms with E-state index >= 15 is 0 Å². The van der Waals surface area contributed by atoms with Crippen molar-refractivity contribution in [2.45, 2.75) is 32.0 Å². The van der Waals surface area contributed by atoms with Gasteiger partial charge in [0.2, 0.25) is 5.95 Å². The highest BCUT2D eigenvalue weighted by atomic mass is 16.5. The molecule has 5 nitrogen and oxygen atoms in total. The second-order valence-electron chi connectivity index (χ2n) is 4.45. The number of aromatic nitrogens is 2. The minimum Gasteiger partial charge on any atom is -0.381 e. The third-order valence-corrected chi connectivity index (χ3v) is 3.41. The Morgan fingerprint density at radius 2 is 2.12 bits per heavy atom. The topological polar surface area (TPSA) is 64.3 Å². The van der Waals surface area contributed by atoms with Gasteiger partial charge >= 0.3 is 0 Å². The van der Waals surface area contributed by atoms with E-state index < -0.39 is 0 Å². The molecule has 1 fully saturated rings. The van der Waals surface area contributed by atoms with Gasteiger partial charge in [-0.15, -0.1) is 0 Å². The van der Waals surface area contributed by atoms with E-state index in [-0.39, 0.29) is 0 Å². The first-order valence-electron chi connectivity index (χ1n) is 5.75. The second kappa shape index (κ2) is 3.99. The van der Waals surface area contributed by atoms with Crippen LogP contribution in [0.2, 0.25) is 0 Å². The molecule has 1 aromatic rings. The summed E-state index contributed by atoms with van der Waals surface area (Å²) in [5.41, 5.74) is 7.91. The molecule has 2 aliphatic rings. The molecule has 3 heterocycles. The monoisotopic (exact) mass is 220 g/mol. The van der Waals surface area contributed by atoms with E-state index in [0.717, 1.165) is 44.8 Å². The molecule has 0 radical (unpaired) electrons. The van der Waals surface area contributed by atoms with Crippen molar-refractivity contribution in [3.63, 3.8) is 0 Å². The maximum absolute atomic E-state index is 5.59. The number of nitrogen functional groups attached to an aromatic ring is 1. The third-order valence-electron chi connectivity index (χ3n) is 3.41. The van der Waals surface area contributed by atoms with Crippen molar-refractivity contribution in [1.29, 1.82) is 0 Å². The van der Waals surface area contributed by atoms with E-state index in [9.17, 15) is 0 Å². The lowest BCUT2D eigenvalue weighted by Crippen LogP contribution is -2.35. The lowest BCUT2D eigenvalue weighted by molar-refractivity contribution is 0.0324. The van der Waals surface area contributed by atoms with E-state index in [1.54, 1.807) is 0 Å². The zero-order chi connectivity index (χ0) is 11.0. The van der Waals surface area contributed by atoms with Crippen LogP contribution in [0.3, 0.4) is 0 Å². The molecule has 5 heteroatoms. The van der Waals surface area contributed by atoms with Crippen LogP contribution < -0.4 is 5.73 Å². The van der Waals surface area contributed by atoms with Crippen molar-refractivity contribution in [1.82, 2.24) is 14.9 Å². The van der Waals surface area contributed by atoms with Crippen molar-refractivity contribution < 1.29 is 4.74 Å². The lowest BCUT2D eigenvalue weighted by atomic mass is 10.1. The predicted octanol–water partition coefficient (Wildman–Crippen LogP) is 0.553. The van der Waals surface area contributed by atoms with Crippen LogP contribution in [0.5, 0.6) is 0 Å². The quantitative estimate of drug-likeness (QED) is 0.749. The van der Waals surface area contributed by atoms with Gasteiger partial charge in [0.05, 0.1) is 5.69 Å². The molecule has 0 amide bonds. The van der Waals surface area contributed by atoms with Crippen LogP contribution in [0.25, 0.3) is 0 Å². The van der Waals surface area contributed by atoms with Gasteiger partial charge in [0.15, 0.2) is 0 Å². The van der Waals surface area contributed by atoms with Gasteiger partial charge in [-0.1, -0.05) is 0 Å². The fourth-order valence-electron chi connectivity index (χ4n) is 2.50. The van der Waals surface area contributed by atoms with Gasteiger partial charge < -0.3 is 10.5 Å². The molecule has 3 rings (SSSR count). The standard InChI is InChI=1S/C11H16N4O/c12-11-13-5-8-6-15(7-10(8)14-11)9-1-3-16-4-2-9/h5,9H,1-4,6-7H2,(H2,12,13,14). The predicted molar refractivity (Wildman–Crippen MR) is 59.5 cm³/mol. The summed E-state index contributed by atoms with van der Waals surface area (Å²) in [7, 11) is 0. The minimum atomic E-state index is 0.382. The first-order valence-corrected chi connectivity index (χ1v) is 5.75. The Morgan fingerprint density at radius 1 is 1.31 bits per heavy atom. The summed E-state index contributed by atoms with van der Waals surface area (Å²) in [6.45, 7) is 3.63. The van der Waals surface area contributed by atoms with E-state index in [2.05, 4.69) is 14.9 Å². The summed E-state index contributed by atoms with van der Waals surface area (Å²) < 4.78 is 5.38. The molecule has 2 N–H and O–H groups in total. The number of hydrogen-bond donors (Lipinski definition) is 1. The van der Waals surface area contributed by atoms with E-state index in [1.165, 1.54) is 5.56 Å². The van der Waals surface area contributed by atoms with Gasteiger partial charge in [0, 0.05) is 44.1 Å². The minimum absolute atomic E-state index is 0.382. The fraction of sp³-hybridized carbons (Fsp3) is 0.636. The van der Waals surface area contributed by atoms with Gasteiger partial charge in [-0.25, -0.2) is 9.97 Å². The number of hydrogen-bond acceptors (Lipinski definition) is 5. The SMILES string of the molecule is Nc1ncc2c(n1)CN(C1CCOCC1)C2. The van der Waals surface area contributed by atoms with Crippen LogP contribution in [0.15, 0.2) is 6.20 Å². The van der Waals surface area contributed by atoms with E-state index in [4.69, 9.17) is 10.5 Å². The van der Waals surface area contributed by atoms with Crippen LogP contribution in [-0.2, 0) is 17.8 Å². The molecule has 0 aliphatic carbocycles. The van der Waals surface area contributed by atoms with Crippen LogP contribution in [0, 0.1) is 0 Å². The molecule has 0 unspecified atom stereocenters. The number of nitrogens with zero attached hydrogens (tertiary/aromatic N) is 3. The molecule has 1 saturated heterocycles. The highest BCUT2D eigenvalue weighted by Gasteiger charge is 2.28. The Bertz CT molecular complexity index is 390. The number of anilines is 1. The van der Waals surface area contributed by atoms with Crippen LogP contribution in [-0.4, -0.2) is 34.1 Å². The molecule has 1 aromatic heterocycles. The van der Waals surface area contributed by atoms with Crippen LogP contribution in [0.4, 0.5) is 5.95 Å². The summed E-state index contributed by atoms with van der Waals surface area (Å²) in [6.07, 6.45) is 4.10. The molecule has 0 saturated carbocycles. The Hall–Kier alpha value is -1.20. The Labute approximate surface area is 94.6 Å². The Balaban J connectivity index is 1.74. The smallest absolute Gasteiger partial charge is 0.220 e. The first-order chi connectivity index (χ1) is 7.83. The third kappa shape index (κ3) is 1.76. The zero-order valence-corrected chi connectivity index (χ0v) is 9.22. The van der Waals surface area contributed by atoms with Crippen LogP contribution >= 0.6 is 0 Å². The molecule has 0 bridgehead atoms. The lowest BCUT2D eigenvalue weighted by Gasteiger charge is -2.30. The van der Waals surface area contributed by atoms with Crippen molar-refractivity contribution in [3.05, 3.63) is 17.5 Å². The van der Waals surface area contributed by atoms with Crippen LogP contribution in [0.1, 0.15) is 24.1 Å². The molecule has 86 valence electrons. The first kappa shape index (κ1) is 9.99. The zero-order valence-electron chi connectivity index (χ0n) is 9.22. The molecule has 2 aliphatic heterocycles. The van der Waals surface area contributed by atoms with Gasteiger partial charge in [-0.3, -0.25) is 4.90 Å². The highest BCUT2D eigenvalue weighted by molar-refractivity contribution is 5.28. The summed E-state index contributed by atoms with van der Waals surface area (Å²) in [5, 5.41) is 0. The van der Waals surface area contributed by atoms with Crippen molar-refractivity contribution in [2.75, 3.05) is 18.9 Å². The van der Waals surface area contributed by atoms with E-state index in [0.29, 0.717) is 12.0 Å². The fourth-order valence-corrected chi connectivity index (χ4v) is 2.50. The molecule has 0 spiro atoms. The van der Waals surface area contributed by atoms with E-state index in [1.807, 2.05) is 6.20 Å². The molecule has 0 aromatic carbocycles. The molecular formula is C11H16N4O. The average molecular weight is 220 g/mol. The summed E-state index contributed by atoms with van der Waals surface area (Å²) in [4.78, 5) is 10.8. The number of fused-ring (bicyclic) bond motifs is 1. The molecule has 16 heavy (non-hydrogen) atoms. The second-order valence-corrected chi connectivity index (χ2v) is 4.45. The largest absolute Gasteiger partial charge is 0.381 e. The maximum atomic E-state index is 5.59. The van der Waals surface area contributed by atoms with Crippen molar-refractivity contribution >= 4 is 5.95 Å². The Kier molecular flexibility index (Phi) is 2.49. The molecular weight excluding hydrogens is 204 g/mol. The van der Waals surface area contributed by atoms with Gasteiger partial charge in [0.1, 0.15) is 0 Å². The Morgan fingerprint density at radius 3 is 2.94 bits per heavy atom. The number of rotatable bonds is 1. The summed E-state index contributed by atoms with van der Waals surface area (Å²) in [6, 6.07) is 0.629. The molecule has 0 atom stereocenters. The average Bonchev–Trinajstić information content (AvgIpc) is 2.73.